The number of thiocarbonyl (C=S) groups is 1. The second-order valence-electron chi connectivity index (χ2n) is 5.66. The topological polar surface area (TPSA) is 63.7 Å². The summed E-state index contributed by atoms with van der Waals surface area (Å²) in [6.07, 6.45) is 1.66. The van der Waals surface area contributed by atoms with Crippen LogP contribution >= 0.6 is 24.0 Å². The fourth-order valence-electron chi connectivity index (χ4n) is 2.23. The van der Waals surface area contributed by atoms with Crippen LogP contribution in [0.25, 0.3) is 6.08 Å². The molecule has 0 spiro atoms. The predicted octanol–water partition coefficient (Wildman–Crippen LogP) is 3.59. The third kappa shape index (κ3) is 3.98. The van der Waals surface area contributed by atoms with Gasteiger partial charge in [0.05, 0.1) is 4.91 Å². The molecule has 26 heavy (non-hydrogen) atoms. The Bertz CT molecular complexity index is 1010. The lowest BCUT2D eigenvalue weighted by Gasteiger charge is -2.08. The number of amides is 1. The lowest BCUT2D eigenvalue weighted by molar-refractivity contribution is -0.121. The number of nitrogens with zero attached hydrogens (tertiary/aromatic N) is 1. The fourth-order valence-corrected chi connectivity index (χ4v) is 4.33. The van der Waals surface area contributed by atoms with Crippen molar-refractivity contribution in [2.45, 2.75) is 11.8 Å². The van der Waals surface area contributed by atoms with E-state index >= 15 is 0 Å². The Morgan fingerprint density at radius 3 is 2.46 bits per heavy atom. The zero-order chi connectivity index (χ0) is 18.9. The number of carbonyl (C=O) groups excluding carboxylic acids is 1. The summed E-state index contributed by atoms with van der Waals surface area (Å²) >= 11 is 6.30. The van der Waals surface area contributed by atoms with Crippen LogP contribution in [0.1, 0.15) is 11.1 Å². The standard InChI is InChI=1S/C18H15NO4S3/c1-12-6-8-15(9-7-12)26(21,22)23-14-5-3-4-13(10-14)11-16-17(20)19(2)18(24)25-16/h3-11H,1-2H3. The second-order valence-corrected chi connectivity index (χ2v) is 8.89. The summed E-state index contributed by atoms with van der Waals surface area (Å²) in [6.45, 7) is 1.87. The van der Waals surface area contributed by atoms with Gasteiger partial charge in [0.2, 0.25) is 0 Å². The van der Waals surface area contributed by atoms with E-state index in [4.69, 9.17) is 16.4 Å². The van der Waals surface area contributed by atoms with Crippen molar-refractivity contribution in [3.05, 3.63) is 64.6 Å². The van der Waals surface area contributed by atoms with E-state index in [1.807, 2.05) is 6.92 Å². The van der Waals surface area contributed by atoms with E-state index in [1.54, 1.807) is 49.5 Å². The van der Waals surface area contributed by atoms with Gasteiger partial charge in [-0.05, 0) is 42.8 Å². The highest BCUT2D eigenvalue weighted by atomic mass is 32.2. The summed E-state index contributed by atoms with van der Waals surface area (Å²) < 4.78 is 30.5. The molecule has 0 radical (unpaired) electrons. The Balaban J connectivity index is 1.85. The molecule has 1 fully saturated rings. The van der Waals surface area contributed by atoms with Crippen molar-refractivity contribution in [3.63, 3.8) is 0 Å². The van der Waals surface area contributed by atoms with Crippen molar-refractivity contribution in [3.8, 4) is 5.75 Å². The van der Waals surface area contributed by atoms with Crippen LogP contribution in [0.5, 0.6) is 5.75 Å². The third-order valence-corrected chi connectivity index (χ3v) is 6.40. The molecule has 0 aliphatic carbocycles. The molecule has 1 aliphatic rings. The Kier molecular flexibility index (Phi) is 5.17. The number of likely N-dealkylation sites (N-methyl/N-ethyl adjacent to an activating group) is 1. The van der Waals surface area contributed by atoms with Crippen LogP contribution in [0, 0.1) is 6.92 Å². The molecular weight excluding hydrogens is 390 g/mol. The van der Waals surface area contributed by atoms with Crippen LogP contribution in [0.2, 0.25) is 0 Å². The van der Waals surface area contributed by atoms with Crippen molar-refractivity contribution in [1.82, 2.24) is 4.90 Å². The molecule has 134 valence electrons. The van der Waals surface area contributed by atoms with Crippen LogP contribution in [-0.4, -0.2) is 30.6 Å². The number of hydrogen-bond donors (Lipinski definition) is 0. The minimum absolute atomic E-state index is 0.0837. The van der Waals surface area contributed by atoms with Gasteiger partial charge in [0.25, 0.3) is 5.91 Å². The summed E-state index contributed by atoms with van der Waals surface area (Å²) in [5.74, 6) is -0.00935. The van der Waals surface area contributed by atoms with Crippen LogP contribution in [-0.2, 0) is 14.9 Å². The minimum atomic E-state index is -3.92. The summed E-state index contributed by atoms with van der Waals surface area (Å²) in [6, 6.07) is 13.0. The Hall–Kier alpha value is -2.16. The molecule has 1 saturated heterocycles. The summed E-state index contributed by atoms with van der Waals surface area (Å²) in [5, 5.41) is 0. The highest BCUT2D eigenvalue weighted by molar-refractivity contribution is 8.26. The number of aryl methyl sites for hydroxylation is 1. The van der Waals surface area contributed by atoms with Gasteiger partial charge in [-0.3, -0.25) is 9.69 Å². The molecule has 0 atom stereocenters. The first kappa shape index (κ1) is 18.6. The SMILES string of the molecule is Cc1ccc(S(=O)(=O)Oc2cccc(C=C3SC(=S)N(C)C3=O)c2)cc1. The van der Waals surface area contributed by atoms with Gasteiger partial charge in [0.15, 0.2) is 0 Å². The van der Waals surface area contributed by atoms with Crippen molar-refractivity contribution in [1.29, 1.82) is 0 Å². The second kappa shape index (κ2) is 7.22. The van der Waals surface area contributed by atoms with E-state index in [9.17, 15) is 13.2 Å². The zero-order valence-corrected chi connectivity index (χ0v) is 16.5. The smallest absolute Gasteiger partial charge is 0.339 e. The lowest BCUT2D eigenvalue weighted by Crippen LogP contribution is -2.22. The maximum atomic E-state index is 12.4. The average molecular weight is 406 g/mol. The summed E-state index contributed by atoms with van der Waals surface area (Å²) in [4.78, 5) is 14.0. The van der Waals surface area contributed by atoms with E-state index in [-0.39, 0.29) is 16.6 Å². The Morgan fingerprint density at radius 2 is 1.85 bits per heavy atom. The van der Waals surface area contributed by atoms with Crippen LogP contribution in [0.4, 0.5) is 0 Å². The van der Waals surface area contributed by atoms with Gasteiger partial charge in [-0.25, -0.2) is 0 Å². The highest BCUT2D eigenvalue weighted by Crippen LogP contribution is 2.32. The normalized spacial score (nSPS) is 16.4. The molecule has 1 aliphatic heterocycles. The van der Waals surface area contributed by atoms with E-state index in [2.05, 4.69) is 0 Å². The molecule has 2 aromatic rings. The van der Waals surface area contributed by atoms with Crippen molar-refractivity contribution >= 4 is 50.4 Å². The first-order valence-electron chi connectivity index (χ1n) is 7.59. The number of thioether (sulfide) groups is 1. The van der Waals surface area contributed by atoms with E-state index < -0.39 is 10.1 Å². The van der Waals surface area contributed by atoms with Gasteiger partial charge in [0, 0.05) is 7.05 Å². The van der Waals surface area contributed by atoms with E-state index in [0.29, 0.717) is 14.8 Å². The van der Waals surface area contributed by atoms with Gasteiger partial charge in [-0.15, -0.1) is 0 Å². The summed E-state index contributed by atoms with van der Waals surface area (Å²) in [7, 11) is -2.31. The zero-order valence-electron chi connectivity index (χ0n) is 14.0. The van der Waals surface area contributed by atoms with Gasteiger partial charge in [-0.1, -0.05) is 53.8 Å². The monoisotopic (exact) mass is 405 g/mol. The summed E-state index contributed by atoms with van der Waals surface area (Å²) in [5.41, 5.74) is 1.61. The maximum absolute atomic E-state index is 12.4. The molecule has 0 saturated carbocycles. The Morgan fingerprint density at radius 1 is 1.15 bits per heavy atom. The quantitative estimate of drug-likeness (QED) is 0.440. The van der Waals surface area contributed by atoms with Gasteiger partial charge in [-0.2, -0.15) is 8.42 Å². The first-order chi connectivity index (χ1) is 12.3. The van der Waals surface area contributed by atoms with Gasteiger partial charge < -0.3 is 4.18 Å². The van der Waals surface area contributed by atoms with Crippen LogP contribution < -0.4 is 4.18 Å². The van der Waals surface area contributed by atoms with Crippen LogP contribution in [0.15, 0.2) is 58.3 Å². The van der Waals surface area contributed by atoms with Gasteiger partial charge in [0.1, 0.15) is 15.0 Å². The number of carbonyl (C=O) groups is 1. The molecule has 8 heteroatoms. The predicted molar refractivity (Wildman–Crippen MR) is 106 cm³/mol. The van der Waals surface area contributed by atoms with Crippen molar-refractivity contribution in [2.24, 2.45) is 0 Å². The number of rotatable bonds is 4. The molecule has 0 N–H and O–H groups in total. The van der Waals surface area contributed by atoms with Crippen molar-refractivity contribution < 1.29 is 17.4 Å². The third-order valence-electron chi connectivity index (χ3n) is 3.66. The molecule has 3 rings (SSSR count). The highest BCUT2D eigenvalue weighted by Gasteiger charge is 2.28. The fraction of sp³-hybridized carbons (Fsp3) is 0.111. The van der Waals surface area contributed by atoms with Gasteiger partial charge >= 0.3 is 10.1 Å². The lowest BCUT2D eigenvalue weighted by atomic mass is 10.2. The average Bonchev–Trinajstić information content (AvgIpc) is 2.82. The molecular formula is C18H15NO4S3. The molecule has 5 nitrogen and oxygen atoms in total. The molecule has 1 amide bonds. The molecule has 0 bridgehead atoms. The minimum Gasteiger partial charge on any atom is -0.379 e. The Labute approximate surface area is 161 Å². The van der Waals surface area contributed by atoms with E-state index in [0.717, 1.165) is 5.56 Å². The largest absolute Gasteiger partial charge is 0.379 e. The van der Waals surface area contributed by atoms with Crippen LogP contribution in [0.3, 0.4) is 0 Å². The van der Waals surface area contributed by atoms with E-state index in [1.165, 1.54) is 28.8 Å². The molecule has 0 unspecified atom stereocenters. The number of benzene rings is 2. The molecule has 0 aromatic heterocycles. The molecule has 2 aromatic carbocycles. The first-order valence-corrected chi connectivity index (χ1v) is 10.2. The van der Waals surface area contributed by atoms with Crippen molar-refractivity contribution in [2.75, 3.05) is 7.05 Å². The molecule has 1 heterocycles. The number of hydrogen-bond acceptors (Lipinski definition) is 6. The maximum Gasteiger partial charge on any atom is 0.339 e.